The number of ether oxygens (including phenoxy) is 1. The molecule has 0 radical (unpaired) electrons. The molecule has 0 fully saturated rings. The van der Waals surface area contributed by atoms with E-state index in [0.29, 0.717) is 5.02 Å². The van der Waals surface area contributed by atoms with Crippen LogP contribution in [0.4, 0.5) is 0 Å². The van der Waals surface area contributed by atoms with Crippen LogP contribution in [-0.4, -0.2) is 7.11 Å². The summed E-state index contributed by atoms with van der Waals surface area (Å²) in [6, 6.07) is 3.55. The van der Waals surface area contributed by atoms with Crippen molar-refractivity contribution >= 4 is 27.5 Å². The molecule has 0 bridgehead atoms. The van der Waals surface area contributed by atoms with E-state index in [0.717, 1.165) is 15.8 Å². The third kappa shape index (κ3) is 2.36. The van der Waals surface area contributed by atoms with Gasteiger partial charge in [0.15, 0.2) is 0 Å². The number of hydrogen-bond acceptors (Lipinski definition) is 2. The van der Waals surface area contributed by atoms with Crippen LogP contribution in [0.3, 0.4) is 0 Å². The van der Waals surface area contributed by atoms with Gasteiger partial charge >= 0.3 is 0 Å². The first-order valence-corrected chi connectivity index (χ1v) is 5.02. The lowest BCUT2D eigenvalue weighted by Crippen LogP contribution is -2.07. The van der Waals surface area contributed by atoms with Gasteiger partial charge in [0.25, 0.3) is 0 Å². The minimum absolute atomic E-state index is 0.0828. The second-order valence-corrected chi connectivity index (χ2v) is 4.06. The maximum absolute atomic E-state index is 5.93. The van der Waals surface area contributed by atoms with Crippen molar-refractivity contribution < 1.29 is 4.74 Å². The number of hydrogen-bond donors (Lipinski definition) is 1. The van der Waals surface area contributed by atoms with Gasteiger partial charge in [0.05, 0.1) is 12.1 Å². The lowest BCUT2D eigenvalue weighted by atomic mass is 10.1. The van der Waals surface area contributed by atoms with E-state index in [9.17, 15) is 0 Å². The van der Waals surface area contributed by atoms with Gasteiger partial charge in [0.1, 0.15) is 5.75 Å². The van der Waals surface area contributed by atoms with E-state index < -0.39 is 0 Å². The van der Waals surface area contributed by atoms with Crippen LogP contribution in [0, 0.1) is 0 Å². The first-order chi connectivity index (χ1) is 6.06. The maximum atomic E-state index is 5.93. The molecule has 0 aliphatic rings. The second-order valence-electron chi connectivity index (χ2n) is 2.80. The number of methoxy groups -OCH3 is 1. The lowest BCUT2D eigenvalue weighted by molar-refractivity contribution is 0.406. The monoisotopic (exact) mass is 263 g/mol. The van der Waals surface area contributed by atoms with E-state index in [1.165, 1.54) is 0 Å². The Morgan fingerprint density at radius 2 is 2.15 bits per heavy atom. The summed E-state index contributed by atoms with van der Waals surface area (Å²) in [5, 5.41) is 0.646. The minimum atomic E-state index is -0.0828. The molecule has 1 aromatic rings. The van der Waals surface area contributed by atoms with Crippen molar-refractivity contribution in [1.82, 2.24) is 0 Å². The van der Waals surface area contributed by atoms with Crippen molar-refractivity contribution in [2.75, 3.05) is 7.11 Å². The van der Waals surface area contributed by atoms with Crippen LogP contribution in [0.1, 0.15) is 18.5 Å². The average Bonchev–Trinajstić information content (AvgIpc) is 2.08. The van der Waals surface area contributed by atoms with Gasteiger partial charge in [-0.25, -0.2) is 0 Å². The van der Waals surface area contributed by atoms with Crippen LogP contribution >= 0.6 is 27.5 Å². The molecular formula is C9H11BrClNO. The van der Waals surface area contributed by atoms with Gasteiger partial charge in [-0.05, 0) is 35.0 Å². The van der Waals surface area contributed by atoms with Gasteiger partial charge in [0, 0.05) is 16.1 Å². The second kappa shape index (κ2) is 4.31. The average molecular weight is 265 g/mol. The zero-order chi connectivity index (χ0) is 10.0. The molecule has 0 aliphatic carbocycles. The van der Waals surface area contributed by atoms with E-state index >= 15 is 0 Å². The predicted molar refractivity (Wildman–Crippen MR) is 58.3 cm³/mol. The zero-order valence-corrected chi connectivity index (χ0v) is 9.82. The molecule has 0 aliphatic heterocycles. The van der Waals surface area contributed by atoms with E-state index in [-0.39, 0.29) is 6.04 Å². The molecule has 2 nitrogen and oxygen atoms in total. The molecule has 4 heteroatoms. The smallest absolute Gasteiger partial charge is 0.124 e. The van der Waals surface area contributed by atoms with Gasteiger partial charge < -0.3 is 10.5 Å². The first-order valence-electron chi connectivity index (χ1n) is 3.84. The van der Waals surface area contributed by atoms with Gasteiger partial charge in [-0.2, -0.15) is 0 Å². The molecule has 0 heterocycles. The summed E-state index contributed by atoms with van der Waals surface area (Å²) >= 11 is 9.25. The molecule has 1 unspecified atom stereocenters. The molecule has 0 spiro atoms. The Balaban J connectivity index is 3.25. The van der Waals surface area contributed by atoms with Crippen LogP contribution in [0.5, 0.6) is 5.75 Å². The number of nitrogens with two attached hydrogens (primary N) is 1. The van der Waals surface area contributed by atoms with Gasteiger partial charge in [-0.15, -0.1) is 0 Å². The highest BCUT2D eigenvalue weighted by atomic mass is 79.9. The molecule has 2 N–H and O–H groups in total. The van der Waals surface area contributed by atoms with E-state index in [1.54, 1.807) is 7.11 Å². The summed E-state index contributed by atoms with van der Waals surface area (Å²) in [6.45, 7) is 1.89. The van der Waals surface area contributed by atoms with Crippen LogP contribution in [0.15, 0.2) is 16.6 Å². The van der Waals surface area contributed by atoms with Crippen molar-refractivity contribution in [2.24, 2.45) is 5.73 Å². The van der Waals surface area contributed by atoms with Crippen LogP contribution in [0.25, 0.3) is 0 Å². The fraction of sp³-hybridized carbons (Fsp3) is 0.333. The molecule has 13 heavy (non-hydrogen) atoms. The minimum Gasteiger partial charge on any atom is -0.496 e. The highest BCUT2D eigenvalue weighted by Crippen LogP contribution is 2.33. The van der Waals surface area contributed by atoms with Gasteiger partial charge in [-0.3, -0.25) is 0 Å². The highest BCUT2D eigenvalue weighted by molar-refractivity contribution is 9.10. The molecule has 72 valence electrons. The Kier molecular flexibility index (Phi) is 3.59. The summed E-state index contributed by atoms with van der Waals surface area (Å²) in [5.41, 5.74) is 6.67. The predicted octanol–water partition coefficient (Wildman–Crippen LogP) is 3.13. The first kappa shape index (κ1) is 10.8. The quantitative estimate of drug-likeness (QED) is 0.891. The van der Waals surface area contributed by atoms with Crippen molar-refractivity contribution in [2.45, 2.75) is 13.0 Å². The topological polar surface area (TPSA) is 35.2 Å². The third-order valence-electron chi connectivity index (χ3n) is 1.76. The number of rotatable bonds is 2. The fourth-order valence-corrected chi connectivity index (χ4v) is 1.57. The normalized spacial score (nSPS) is 12.7. The summed E-state index contributed by atoms with van der Waals surface area (Å²) in [6.07, 6.45) is 0. The Bertz CT molecular complexity index is 315. The molecule has 1 atom stereocenters. The fourth-order valence-electron chi connectivity index (χ4n) is 1.08. The number of halogens is 2. The van der Waals surface area contributed by atoms with Crippen molar-refractivity contribution in [1.29, 1.82) is 0 Å². The van der Waals surface area contributed by atoms with Crippen LogP contribution < -0.4 is 10.5 Å². The Hall–Kier alpha value is -0.250. The van der Waals surface area contributed by atoms with Crippen molar-refractivity contribution in [3.05, 3.63) is 27.2 Å². The van der Waals surface area contributed by atoms with Crippen LogP contribution in [-0.2, 0) is 0 Å². The maximum Gasteiger partial charge on any atom is 0.124 e. The van der Waals surface area contributed by atoms with Crippen molar-refractivity contribution in [3.63, 3.8) is 0 Å². The molecule has 0 saturated heterocycles. The van der Waals surface area contributed by atoms with E-state index in [4.69, 9.17) is 22.1 Å². The van der Waals surface area contributed by atoms with E-state index in [2.05, 4.69) is 15.9 Å². The van der Waals surface area contributed by atoms with Crippen molar-refractivity contribution in [3.8, 4) is 5.75 Å². The molecule has 1 aromatic carbocycles. The molecule has 0 amide bonds. The summed E-state index contributed by atoms with van der Waals surface area (Å²) in [5.74, 6) is 0.756. The largest absolute Gasteiger partial charge is 0.496 e. The Morgan fingerprint density at radius 3 is 2.62 bits per heavy atom. The third-order valence-corrected chi connectivity index (χ3v) is 2.96. The summed E-state index contributed by atoms with van der Waals surface area (Å²) in [7, 11) is 1.61. The standard InChI is InChI=1S/C9H11BrClNO/c1-5(12)6-3-8(11)7(10)4-9(6)13-2/h3-5H,12H2,1-2H3. The van der Waals surface area contributed by atoms with Gasteiger partial charge in [-0.1, -0.05) is 11.6 Å². The van der Waals surface area contributed by atoms with Gasteiger partial charge in [0.2, 0.25) is 0 Å². The summed E-state index contributed by atoms with van der Waals surface area (Å²) in [4.78, 5) is 0. The Labute approximate surface area is 91.2 Å². The van der Waals surface area contributed by atoms with E-state index in [1.807, 2.05) is 19.1 Å². The molecule has 0 saturated carbocycles. The Morgan fingerprint density at radius 1 is 1.54 bits per heavy atom. The SMILES string of the molecule is COc1cc(Br)c(Cl)cc1C(C)N. The summed E-state index contributed by atoms with van der Waals surface area (Å²) < 4.78 is 5.99. The highest BCUT2D eigenvalue weighted by Gasteiger charge is 2.10. The zero-order valence-electron chi connectivity index (χ0n) is 7.47. The molecule has 1 rings (SSSR count). The molecular weight excluding hydrogens is 253 g/mol. The molecule has 0 aromatic heterocycles. The van der Waals surface area contributed by atoms with Crippen LogP contribution in [0.2, 0.25) is 5.02 Å². The lowest BCUT2D eigenvalue weighted by Gasteiger charge is -2.12. The number of benzene rings is 1.